The van der Waals surface area contributed by atoms with Crippen LogP contribution >= 0.6 is 0 Å². The maximum absolute atomic E-state index is 3.83. The molecular formula is C15H30. The Morgan fingerprint density at radius 2 is 1.40 bits per heavy atom. The Kier molecular flexibility index (Phi) is 8.85. The van der Waals surface area contributed by atoms with E-state index in [-0.39, 0.29) is 0 Å². The smallest absolute Gasteiger partial charge is 0.0265 e. The molecule has 0 aliphatic carbocycles. The molecule has 0 aliphatic rings. The van der Waals surface area contributed by atoms with Crippen LogP contribution in [0, 0.1) is 17.8 Å². The van der Waals surface area contributed by atoms with E-state index in [1.54, 1.807) is 0 Å². The zero-order valence-electron chi connectivity index (χ0n) is 11.3. The van der Waals surface area contributed by atoms with Crippen molar-refractivity contribution in [3.05, 3.63) is 12.7 Å². The molecule has 0 saturated heterocycles. The number of rotatable bonds is 9. The molecule has 0 bridgehead atoms. The van der Waals surface area contributed by atoms with Crippen LogP contribution < -0.4 is 0 Å². The van der Waals surface area contributed by atoms with Gasteiger partial charge in [0, 0.05) is 0 Å². The molecule has 0 unspecified atom stereocenters. The van der Waals surface area contributed by atoms with Gasteiger partial charge in [0.15, 0.2) is 0 Å². The molecule has 90 valence electrons. The molecule has 0 nitrogen and oxygen atoms in total. The normalized spacial score (nSPS) is 15.3. The first-order chi connectivity index (χ1) is 7.06. The molecule has 0 amide bonds. The molecule has 0 aromatic rings. The maximum atomic E-state index is 3.83. The van der Waals surface area contributed by atoms with Crippen molar-refractivity contribution >= 4 is 0 Å². The average Bonchev–Trinajstić information content (AvgIpc) is 2.17. The molecule has 0 N–H and O–H groups in total. The molecule has 0 aliphatic heterocycles. The van der Waals surface area contributed by atoms with Crippen LogP contribution in [-0.2, 0) is 0 Å². The molecule has 0 aromatic carbocycles. The van der Waals surface area contributed by atoms with E-state index in [0.29, 0.717) is 5.92 Å². The lowest BCUT2D eigenvalue weighted by Crippen LogP contribution is -1.98. The molecule has 0 fully saturated rings. The first-order valence-electron chi connectivity index (χ1n) is 6.68. The quantitative estimate of drug-likeness (QED) is 0.444. The van der Waals surface area contributed by atoms with Gasteiger partial charge in [-0.05, 0) is 24.2 Å². The van der Waals surface area contributed by atoms with Crippen molar-refractivity contribution in [2.24, 2.45) is 17.8 Å². The van der Waals surface area contributed by atoms with Crippen LogP contribution in [0.2, 0.25) is 0 Å². The second kappa shape index (κ2) is 9.00. The Bertz CT molecular complexity index is 146. The first-order valence-corrected chi connectivity index (χ1v) is 6.68. The summed E-state index contributed by atoms with van der Waals surface area (Å²) in [6.07, 6.45) is 10.4. The number of hydrogen-bond donors (Lipinski definition) is 0. The van der Waals surface area contributed by atoms with E-state index >= 15 is 0 Å². The van der Waals surface area contributed by atoms with E-state index < -0.39 is 0 Å². The van der Waals surface area contributed by atoms with E-state index in [1.165, 1.54) is 38.5 Å². The van der Waals surface area contributed by atoms with Gasteiger partial charge < -0.3 is 0 Å². The standard InChI is InChI=1S/C15H30/c1-6-14(4)10-8-12-15(5)11-7-9-13(2)3/h6,13-15H,1,7-12H2,2-5H3/t14-,15-/m0/s1. The fourth-order valence-corrected chi connectivity index (χ4v) is 1.93. The van der Waals surface area contributed by atoms with Gasteiger partial charge >= 0.3 is 0 Å². The van der Waals surface area contributed by atoms with Crippen LogP contribution in [0.5, 0.6) is 0 Å². The monoisotopic (exact) mass is 210 g/mol. The van der Waals surface area contributed by atoms with E-state index in [2.05, 4.69) is 40.3 Å². The van der Waals surface area contributed by atoms with Gasteiger partial charge in [0.1, 0.15) is 0 Å². The van der Waals surface area contributed by atoms with E-state index in [1.807, 2.05) is 0 Å². The van der Waals surface area contributed by atoms with Crippen molar-refractivity contribution in [1.82, 2.24) is 0 Å². The highest BCUT2D eigenvalue weighted by molar-refractivity contribution is 4.74. The Morgan fingerprint density at radius 1 is 0.867 bits per heavy atom. The second-order valence-corrected chi connectivity index (χ2v) is 5.57. The minimum absolute atomic E-state index is 0.702. The number of hydrogen-bond acceptors (Lipinski definition) is 0. The average molecular weight is 210 g/mol. The van der Waals surface area contributed by atoms with Gasteiger partial charge in [-0.2, -0.15) is 0 Å². The van der Waals surface area contributed by atoms with Gasteiger partial charge in [0.25, 0.3) is 0 Å². The molecule has 0 rings (SSSR count). The molecule has 0 spiro atoms. The van der Waals surface area contributed by atoms with Crippen molar-refractivity contribution < 1.29 is 0 Å². The molecule has 0 radical (unpaired) electrons. The fraction of sp³-hybridized carbons (Fsp3) is 0.867. The molecule has 15 heavy (non-hydrogen) atoms. The fourth-order valence-electron chi connectivity index (χ4n) is 1.93. The van der Waals surface area contributed by atoms with Crippen LogP contribution in [0.3, 0.4) is 0 Å². The summed E-state index contributed by atoms with van der Waals surface area (Å²) >= 11 is 0. The lowest BCUT2D eigenvalue weighted by atomic mass is 9.93. The Morgan fingerprint density at radius 3 is 1.87 bits per heavy atom. The summed E-state index contributed by atoms with van der Waals surface area (Å²) in [5.74, 6) is 2.49. The third-order valence-corrected chi connectivity index (χ3v) is 3.24. The molecule has 0 aromatic heterocycles. The number of allylic oxidation sites excluding steroid dienone is 1. The Balaban J connectivity index is 3.33. The highest BCUT2D eigenvalue weighted by Gasteiger charge is 2.04. The minimum Gasteiger partial charge on any atom is -0.103 e. The highest BCUT2D eigenvalue weighted by atomic mass is 14.1. The summed E-state index contributed by atoms with van der Waals surface area (Å²) in [7, 11) is 0. The van der Waals surface area contributed by atoms with Gasteiger partial charge in [0.05, 0.1) is 0 Å². The molecule has 0 heteroatoms. The van der Waals surface area contributed by atoms with E-state index in [0.717, 1.165) is 11.8 Å². The summed E-state index contributed by atoms with van der Waals surface area (Å²) in [6.45, 7) is 13.1. The van der Waals surface area contributed by atoms with Crippen molar-refractivity contribution in [3.63, 3.8) is 0 Å². The molecule has 0 heterocycles. The van der Waals surface area contributed by atoms with Gasteiger partial charge in [-0.25, -0.2) is 0 Å². The third-order valence-electron chi connectivity index (χ3n) is 3.24. The summed E-state index contributed by atoms with van der Waals surface area (Å²) in [5, 5.41) is 0. The van der Waals surface area contributed by atoms with E-state index in [4.69, 9.17) is 0 Å². The summed E-state index contributed by atoms with van der Waals surface area (Å²) < 4.78 is 0. The van der Waals surface area contributed by atoms with Crippen molar-refractivity contribution in [3.8, 4) is 0 Å². The van der Waals surface area contributed by atoms with Crippen molar-refractivity contribution in [1.29, 1.82) is 0 Å². The third kappa shape index (κ3) is 10.0. The summed E-state index contributed by atoms with van der Waals surface area (Å²) in [4.78, 5) is 0. The predicted octanol–water partition coefficient (Wildman–Crippen LogP) is 5.44. The highest BCUT2D eigenvalue weighted by Crippen LogP contribution is 2.19. The Labute approximate surface area is 97.2 Å². The van der Waals surface area contributed by atoms with Gasteiger partial charge in [0.2, 0.25) is 0 Å². The maximum Gasteiger partial charge on any atom is -0.0265 e. The van der Waals surface area contributed by atoms with Crippen LogP contribution in [0.4, 0.5) is 0 Å². The summed E-state index contributed by atoms with van der Waals surface area (Å²) in [6, 6.07) is 0. The lowest BCUT2D eigenvalue weighted by Gasteiger charge is -2.13. The summed E-state index contributed by atoms with van der Waals surface area (Å²) in [5.41, 5.74) is 0. The van der Waals surface area contributed by atoms with Gasteiger partial charge in [-0.15, -0.1) is 6.58 Å². The van der Waals surface area contributed by atoms with Crippen LogP contribution in [-0.4, -0.2) is 0 Å². The zero-order chi connectivity index (χ0) is 11.7. The minimum atomic E-state index is 0.702. The van der Waals surface area contributed by atoms with E-state index in [9.17, 15) is 0 Å². The SMILES string of the molecule is C=C[C@H](C)CCC[C@@H](C)CCCC(C)C. The molecular weight excluding hydrogens is 180 g/mol. The van der Waals surface area contributed by atoms with Crippen molar-refractivity contribution in [2.75, 3.05) is 0 Å². The zero-order valence-corrected chi connectivity index (χ0v) is 11.3. The van der Waals surface area contributed by atoms with Crippen LogP contribution in [0.15, 0.2) is 12.7 Å². The first kappa shape index (κ1) is 14.7. The molecule has 0 saturated carbocycles. The van der Waals surface area contributed by atoms with Crippen LogP contribution in [0.25, 0.3) is 0 Å². The predicted molar refractivity (Wildman–Crippen MR) is 71.1 cm³/mol. The van der Waals surface area contributed by atoms with Gasteiger partial charge in [-0.3, -0.25) is 0 Å². The van der Waals surface area contributed by atoms with Crippen LogP contribution in [0.1, 0.15) is 66.2 Å². The van der Waals surface area contributed by atoms with Gasteiger partial charge in [-0.1, -0.05) is 65.9 Å². The second-order valence-electron chi connectivity index (χ2n) is 5.57. The lowest BCUT2D eigenvalue weighted by molar-refractivity contribution is 0.413. The Hall–Kier alpha value is -0.260. The largest absolute Gasteiger partial charge is 0.103 e. The van der Waals surface area contributed by atoms with Crippen molar-refractivity contribution in [2.45, 2.75) is 66.2 Å². The topological polar surface area (TPSA) is 0 Å². The molecule has 2 atom stereocenters.